The van der Waals surface area contributed by atoms with Crippen molar-refractivity contribution in [2.24, 2.45) is 5.92 Å². The van der Waals surface area contributed by atoms with Gasteiger partial charge in [0.15, 0.2) is 6.29 Å². The molecule has 1 aromatic heterocycles. The summed E-state index contributed by atoms with van der Waals surface area (Å²) in [5, 5.41) is 14.2. The predicted molar refractivity (Wildman–Crippen MR) is 93.3 cm³/mol. The van der Waals surface area contributed by atoms with Crippen LogP contribution in [0.3, 0.4) is 0 Å². The van der Waals surface area contributed by atoms with Crippen molar-refractivity contribution in [1.82, 2.24) is 9.78 Å². The number of hydrogen-bond donors (Lipinski definition) is 1. The van der Waals surface area contributed by atoms with Gasteiger partial charge in [-0.25, -0.2) is 0 Å². The molecule has 0 spiro atoms. The van der Waals surface area contributed by atoms with Gasteiger partial charge in [0.1, 0.15) is 11.5 Å². The van der Waals surface area contributed by atoms with Gasteiger partial charge in [-0.15, -0.1) is 0 Å². The van der Waals surface area contributed by atoms with Crippen molar-refractivity contribution in [3.05, 3.63) is 41.7 Å². The van der Waals surface area contributed by atoms with Crippen LogP contribution in [0.4, 0.5) is 0 Å². The lowest BCUT2D eigenvalue weighted by atomic mass is 9.86. The van der Waals surface area contributed by atoms with Gasteiger partial charge in [0.25, 0.3) is 0 Å². The molecule has 25 heavy (non-hydrogen) atoms. The second-order valence-electron chi connectivity index (χ2n) is 6.64. The average Bonchev–Trinajstić information content (AvgIpc) is 3.10. The predicted octanol–water partition coefficient (Wildman–Crippen LogP) is 3.18. The SMILES string of the molecule is CC(C)n1nccc1[C@@H]1COCC[C@@H]1COc1cccc(O)c1C=O. The Hall–Kier alpha value is -2.34. The molecule has 1 aliphatic rings. The van der Waals surface area contributed by atoms with E-state index in [0.717, 1.165) is 12.1 Å². The molecule has 2 atom stereocenters. The van der Waals surface area contributed by atoms with E-state index in [2.05, 4.69) is 18.9 Å². The monoisotopic (exact) mass is 344 g/mol. The van der Waals surface area contributed by atoms with Crippen molar-refractivity contribution in [3.8, 4) is 11.5 Å². The van der Waals surface area contributed by atoms with E-state index < -0.39 is 0 Å². The molecule has 1 aromatic carbocycles. The number of carbonyl (C=O) groups excluding carboxylic acids is 1. The summed E-state index contributed by atoms with van der Waals surface area (Å²) < 4.78 is 13.6. The maximum atomic E-state index is 11.2. The third kappa shape index (κ3) is 3.69. The summed E-state index contributed by atoms with van der Waals surface area (Å²) in [5.74, 6) is 0.798. The van der Waals surface area contributed by atoms with Gasteiger partial charge in [-0.2, -0.15) is 5.10 Å². The zero-order chi connectivity index (χ0) is 17.8. The highest BCUT2D eigenvalue weighted by Gasteiger charge is 2.31. The number of phenolic OH excluding ortho intramolecular Hbond substituents is 1. The van der Waals surface area contributed by atoms with E-state index >= 15 is 0 Å². The van der Waals surface area contributed by atoms with Gasteiger partial charge in [0.2, 0.25) is 0 Å². The van der Waals surface area contributed by atoms with E-state index in [1.807, 2.05) is 16.9 Å². The van der Waals surface area contributed by atoms with Crippen LogP contribution in [0.5, 0.6) is 11.5 Å². The Labute approximate surface area is 147 Å². The average molecular weight is 344 g/mol. The molecule has 6 nitrogen and oxygen atoms in total. The molecule has 1 N–H and O–H groups in total. The lowest BCUT2D eigenvalue weighted by Crippen LogP contribution is -2.32. The Morgan fingerprint density at radius 3 is 3.04 bits per heavy atom. The molecule has 3 rings (SSSR count). The maximum absolute atomic E-state index is 11.2. The fourth-order valence-electron chi connectivity index (χ4n) is 3.33. The van der Waals surface area contributed by atoms with Crippen LogP contribution in [0.1, 0.15) is 48.3 Å². The molecule has 0 amide bonds. The number of nitrogens with zero attached hydrogens (tertiary/aromatic N) is 2. The van der Waals surface area contributed by atoms with Crippen LogP contribution in [-0.4, -0.2) is 41.0 Å². The van der Waals surface area contributed by atoms with E-state index in [1.54, 1.807) is 12.1 Å². The first-order valence-electron chi connectivity index (χ1n) is 8.63. The third-order valence-corrected chi connectivity index (χ3v) is 4.68. The van der Waals surface area contributed by atoms with Crippen LogP contribution in [0.25, 0.3) is 0 Å². The third-order valence-electron chi connectivity index (χ3n) is 4.68. The fourth-order valence-corrected chi connectivity index (χ4v) is 3.33. The minimum absolute atomic E-state index is 0.0612. The minimum atomic E-state index is -0.0612. The van der Waals surface area contributed by atoms with Gasteiger partial charge in [-0.05, 0) is 38.5 Å². The summed E-state index contributed by atoms with van der Waals surface area (Å²) in [6, 6.07) is 7.18. The van der Waals surface area contributed by atoms with Gasteiger partial charge >= 0.3 is 0 Å². The molecule has 2 heterocycles. The lowest BCUT2D eigenvalue weighted by molar-refractivity contribution is 0.0272. The highest BCUT2D eigenvalue weighted by molar-refractivity contribution is 5.83. The molecule has 0 saturated carbocycles. The standard InChI is InChI=1S/C19H24N2O4/c1-13(2)21-17(6-8-20-21)16-12-24-9-7-14(16)11-25-19-5-3-4-18(23)15(19)10-22/h3-6,8,10,13-14,16,23H,7,9,11-12H2,1-2H3/t14-,16-/m1/s1. The minimum Gasteiger partial charge on any atom is -0.507 e. The number of ether oxygens (including phenoxy) is 2. The molecule has 2 aromatic rings. The first-order valence-corrected chi connectivity index (χ1v) is 8.63. The van der Waals surface area contributed by atoms with Crippen molar-refractivity contribution in [2.45, 2.75) is 32.2 Å². The molecular formula is C19H24N2O4. The van der Waals surface area contributed by atoms with E-state index in [-0.39, 0.29) is 29.2 Å². The zero-order valence-electron chi connectivity index (χ0n) is 14.6. The van der Waals surface area contributed by atoms with Crippen molar-refractivity contribution in [3.63, 3.8) is 0 Å². The summed E-state index contributed by atoms with van der Waals surface area (Å²) in [6.07, 6.45) is 3.32. The molecule has 1 aliphatic heterocycles. The quantitative estimate of drug-likeness (QED) is 0.815. The second kappa shape index (κ2) is 7.70. The zero-order valence-corrected chi connectivity index (χ0v) is 14.6. The number of aromatic nitrogens is 2. The summed E-state index contributed by atoms with van der Waals surface area (Å²) in [4.78, 5) is 11.2. The first kappa shape index (κ1) is 17.5. The number of carbonyl (C=O) groups is 1. The molecule has 1 fully saturated rings. The number of rotatable bonds is 6. The topological polar surface area (TPSA) is 73.6 Å². The molecule has 0 bridgehead atoms. The lowest BCUT2D eigenvalue weighted by Gasteiger charge is -2.32. The van der Waals surface area contributed by atoms with Crippen LogP contribution in [-0.2, 0) is 4.74 Å². The maximum Gasteiger partial charge on any atom is 0.157 e. The normalized spacial score (nSPS) is 20.6. The number of benzene rings is 1. The Morgan fingerprint density at radius 1 is 1.44 bits per heavy atom. The second-order valence-corrected chi connectivity index (χ2v) is 6.64. The number of hydrogen-bond acceptors (Lipinski definition) is 5. The Bertz CT molecular complexity index is 726. The van der Waals surface area contributed by atoms with Gasteiger partial charge in [-0.3, -0.25) is 9.48 Å². The van der Waals surface area contributed by atoms with Gasteiger partial charge < -0.3 is 14.6 Å². The van der Waals surface area contributed by atoms with Gasteiger partial charge in [0, 0.05) is 36.4 Å². The van der Waals surface area contributed by atoms with E-state index in [9.17, 15) is 9.90 Å². The molecule has 6 heteroatoms. The molecule has 0 aliphatic carbocycles. The largest absolute Gasteiger partial charge is 0.507 e. The molecular weight excluding hydrogens is 320 g/mol. The Balaban J connectivity index is 1.77. The first-order chi connectivity index (χ1) is 12.1. The molecule has 1 saturated heterocycles. The van der Waals surface area contributed by atoms with E-state index in [4.69, 9.17) is 9.47 Å². The molecule has 0 unspecified atom stereocenters. The smallest absolute Gasteiger partial charge is 0.157 e. The van der Waals surface area contributed by atoms with E-state index in [0.29, 0.717) is 31.9 Å². The van der Waals surface area contributed by atoms with Crippen molar-refractivity contribution < 1.29 is 19.4 Å². The number of phenols is 1. The summed E-state index contributed by atoms with van der Waals surface area (Å²) in [5.41, 5.74) is 1.34. The van der Waals surface area contributed by atoms with Crippen LogP contribution < -0.4 is 4.74 Å². The van der Waals surface area contributed by atoms with Crippen LogP contribution in [0.15, 0.2) is 30.5 Å². The Morgan fingerprint density at radius 2 is 2.28 bits per heavy atom. The fraction of sp³-hybridized carbons (Fsp3) is 0.474. The van der Waals surface area contributed by atoms with Gasteiger partial charge in [0.05, 0.1) is 18.8 Å². The van der Waals surface area contributed by atoms with Gasteiger partial charge in [-0.1, -0.05) is 6.07 Å². The van der Waals surface area contributed by atoms with Crippen LogP contribution in [0, 0.1) is 5.92 Å². The Kier molecular flexibility index (Phi) is 5.38. The molecule has 0 radical (unpaired) electrons. The van der Waals surface area contributed by atoms with Crippen molar-refractivity contribution in [1.29, 1.82) is 0 Å². The summed E-state index contributed by atoms with van der Waals surface area (Å²) in [6.45, 7) is 6.00. The highest BCUT2D eigenvalue weighted by Crippen LogP contribution is 2.34. The summed E-state index contributed by atoms with van der Waals surface area (Å²) in [7, 11) is 0. The van der Waals surface area contributed by atoms with Crippen molar-refractivity contribution in [2.75, 3.05) is 19.8 Å². The van der Waals surface area contributed by atoms with Crippen LogP contribution in [0.2, 0.25) is 0 Å². The highest BCUT2D eigenvalue weighted by atomic mass is 16.5. The number of aldehydes is 1. The summed E-state index contributed by atoms with van der Waals surface area (Å²) >= 11 is 0. The van der Waals surface area contributed by atoms with E-state index in [1.165, 1.54) is 6.07 Å². The molecule has 134 valence electrons. The van der Waals surface area contributed by atoms with Crippen molar-refractivity contribution >= 4 is 6.29 Å². The number of aromatic hydroxyl groups is 1. The van der Waals surface area contributed by atoms with Crippen LogP contribution >= 0.6 is 0 Å².